The fraction of sp³-hybridized carbons (Fsp3) is 0.333. The predicted octanol–water partition coefficient (Wildman–Crippen LogP) is 2.15. The molecule has 1 saturated heterocycles. The Morgan fingerprint density at radius 1 is 1.21 bits per heavy atom. The molecular formula is C18H19N5O. The van der Waals surface area contributed by atoms with Crippen molar-refractivity contribution >= 4 is 16.9 Å². The van der Waals surface area contributed by atoms with Crippen LogP contribution in [0.3, 0.4) is 0 Å². The summed E-state index contributed by atoms with van der Waals surface area (Å²) in [5, 5.41) is 5.47. The third kappa shape index (κ3) is 2.64. The van der Waals surface area contributed by atoms with Crippen molar-refractivity contribution in [3.8, 4) is 0 Å². The van der Waals surface area contributed by atoms with Crippen LogP contribution in [0.25, 0.3) is 11.0 Å². The SMILES string of the molecule is Cc1nn(CC(=O)N2CCC(c3ccccn3)C2)c2ncccc12. The first-order chi connectivity index (χ1) is 11.7. The van der Waals surface area contributed by atoms with Gasteiger partial charge in [0.1, 0.15) is 6.54 Å². The molecule has 1 unspecified atom stereocenters. The second-order valence-corrected chi connectivity index (χ2v) is 6.20. The average molecular weight is 321 g/mol. The number of nitrogens with zero attached hydrogens (tertiary/aromatic N) is 5. The van der Waals surface area contributed by atoms with E-state index in [2.05, 4.69) is 15.1 Å². The van der Waals surface area contributed by atoms with Crippen molar-refractivity contribution in [2.24, 2.45) is 0 Å². The van der Waals surface area contributed by atoms with Gasteiger partial charge in [0, 0.05) is 42.5 Å². The first-order valence-electron chi connectivity index (χ1n) is 8.19. The van der Waals surface area contributed by atoms with Crippen LogP contribution >= 0.6 is 0 Å². The smallest absolute Gasteiger partial charge is 0.244 e. The number of likely N-dealkylation sites (tertiary alicyclic amines) is 1. The second-order valence-electron chi connectivity index (χ2n) is 6.20. The topological polar surface area (TPSA) is 63.9 Å². The lowest BCUT2D eigenvalue weighted by molar-refractivity contribution is -0.130. The van der Waals surface area contributed by atoms with Crippen LogP contribution in [0, 0.1) is 6.92 Å². The van der Waals surface area contributed by atoms with Crippen LogP contribution < -0.4 is 0 Å². The largest absolute Gasteiger partial charge is 0.340 e. The molecule has 0 saturated carbocycles. The summed E-state index contributed by atoms with van der Waals surface area (Å²) >= 11 is 0. The molecule has 0 radical (unpaired) electrons. The zero-order chi connectivity index (χ0) is 16.5. The summed E-state index contributed by atoms with van der Waals surface area (Å²) < 4.78 is 1.71. The molecule has 122 valence electrons. The highest BCUT2D eigenvalue weighted by atomic mass is 16.2. The minimum atomic E-state index is 0.0866. The van der Waals surface area contributed by atoms with Gasteiger partial charge in [0.25, 0.3) is 0 Å². The fourth-order valence-corrected chi connectivity index (χ4v) is 3.35. The summed E-state index contributed by atoms with van der Waals surface area (Å²) in [7, 11) is 0. The van der Waals surface area contributed by atoms with Gasteiger partial charge in [-0.05, 0) is 37.6 Å². The first-order valence-corrected chi connectivity index (χ1v) is 8.19. The van der Waals surface area contributed by atoms with Crippen molar-refractivity contribution in [1.29, 1.82) is 0 Å². The number of amides is 1. The second kappa shape index (κ2) is 6.03. The quantitative estimate of drug-likeness (QED) is 0.741. The zero-order valence-corrected chi connectivity index (χ0v) is 13.6. The summed E-state index contributed by atoms with van der Waals surface area (Å²) in [5.74, 6) is 0.410. The van der Waals surface area contributed by atoms with Gasteiger partial charge in [0.05, 0.1) is 5.69 Å². The molecule has 1 fully saturated rings. The monoisotopic (exact) mass is 321 g/mol. The minimum absolute atomic E-state index is 0.0866. The fourth-order valence-electron chi connectivity index (χ4n) is 3.35. The third-order valence-corrected chi connectivity index (χ3v) is 4.62. The molecule has 3 aromatic rings. The zero-order valence-electron chi connectivity index (χ0n) is 13.6. The summed E-state index contributed by atoms with van der Waals surface area (Å²) in [6.07, 6.45) is 4.50. The van der Waals surface area contributed by atoms with Crippen molar-refractivity contribution < 1.29 is 4.79 Å². The van der Waals surface area contributed by atoms with Gasteiger partial charge in [-0.2, -0.15) is 5.10 Å². The standard InChI is InChI=1S/C18H19N5O/c1-13-15-5-4-9-20-18(15)23(21-13)12-17(24)22-10-7-14(11-22)16-6-2-3-8-19-16/h2-6,8-9,14H,7,10-12H2,1H3. The van der Waals surface area contributed by atoms with Gasteiger partial charge in [-0.1, -0.05) is 6.07 Å². The number of carbonyl (C=O) groups excluding carboxylic acids is 1. The van der Waals surface area contributed by atoms with Crippen LogP contribution in [0.4, 0.5) is 0 Å². The Hall–Kier alpha value is -2.76. The predicted molar refractivity (Wildman–Crippen MR) is 90.4 cm³/mol. The van der Waals surface area contributed by atoms with E-state index < -0.39 is 0 Å². The molecule has 1 amide bonds. The van der Waals surface area contributed by atoms with Gasteiger partial charge in [-0.3, -0.25) is 9.78 Å². The van der Waals surface area contributed by atoms with Crippen molar-refractivity contribution in [3.05, 3.63) is 54.1 Å². The van der Waals surface area contributed by atoms with Crippen LogP contribution in [0.15, 0.2) is 42.7 Å². The van der Waals surface area contributed by atoms with Gasteiger partial charge >= 0.3 is 0 Å². The molecule has 4 rings (SSSR count). The molecule has 0 aliphatic carbocycles. The van der Waals surface area contributed by atoms with E-state index in [9.17, 15) is 4.79 Å². The lowest BCUT2D eigenvalue weighted by Gasteiger charge is -2.16. The molecule has 0 N–H and O–H groups in total. The molecule has 6 nitrogen and oxygen atoms in total. The number of rotatable bonds is 3. The van der Waals surface area contributed by atoms with E-state index >= 15 is 0 Å². The highest BCUT2D eigenvalue weighted by Gasteiger charge is 2.28. The average Bonchev–Trinajstić information content (AvgIpc) is 3.22. The number of fused-ring (bicyclic) bond motifs is 1. The molecule has 3 aromatic heterocycles. The number of pyridine rings is 2. The van der Waals surface area contributed by atoms with Crippen LogP contribution in [-0.4, -0.2) is 43.6 Å². The van der Waals surface area contributed by atoms with Crippen LogP contribution in [0.2, 0.25) is 0 Å². The Morgan fingerprint density at radius 3 is 2.92 bits per heavy atom. The van der Waals surface area contributed by atoms with Crippen molar-refractivity contribution in [3.63, 3.8) is 0 Å². The van der Waals surface area contributed by atoms with E-state index in [0.29, 0.717) is 5.92 Å². The molecule has 0 aromatic carbocycles. The van der Waals surface area contributed by atoms with E-state index in [4.69, 9.17) is 0 Å². The lowest BCUT2D eigenvalue weighted by atomic mass is 10.0. The van der Waals surface area contributed by atoms with E-state index in [-0.39, 0.29) is 12.5 Å². The van der Waals surface area contributed by atoms with Gasteiger partial charge in [-0.25, -0.2) is 9.67 Å². The van der Waals surface area contributed by atoms with Crippen molar-refractivity contribution in [1.82, 2.24) is 24.6 Å². The van der Waals surface area contributed by atoms with Crippen LogP contribution in [0.1, 0.15) is 23.7 Å². The molecule has 24 heavy (non-hydrogen) atoms. The number of hydrogen-bond acceptors (Lipinski definition) is 4. The maximum absolute atomic E-state index is 12.7. The van der Waals surface area contributed by atoms with E-state index in [1.165, 1.54) is 0 Å². The summed E-state index contributed by atoms with van der Waals surface area (Å²) in [6.45, 7) is 3.67. The molecular weight excluding hydrogens is 302 g/mol. The maximum atomic E-state index is 12.7. The molecule has 6 heteroatoms. The first kappa shape index (κ1) is 14.8. The van der Waals surface area contributed by atoms with E-state index in [1.54, 1.807) is 10.9 Å². The third-order valence-electron chi connectivity index (χ3n) is 4.62. The van der Waals surface area contributed by atoms with E-state index in [1.807, 2.05) is 48.4 Å². The number of hydrogen-bond donors (Lipinski definition) is 0. The summed E-state index contributed by atoms with van der Waals surface area (Å²) in [4.78, 5) is 23.4. The van der Waals surface area contributed by atoms with Gasteiger partial charge < -0.3 is 4.90 Å². The Morgan fingerprint density at radius 2 is 2.08 bits per heavy atom. The van der Waals surface area contributed by atoms with Crippen molar-refractivity contribution in [2.45, 2.75) is 25.8 Å². The molecule has 4 heterocycles. The Bertz CT molecular complexity index is 874. The lowest BCUT2D eigenvalue weighted by Crippen LogP contribution is -2.32. The van der Waals surface area contributed by atoms with Gasteiger partial charge in [0.2, 0.25) is 5.91 Å². The highest BCUT2D eigenvalue weighted by molar-refractivity contribution is 5.81. The van der Waals surface area contributed by atoms with Gasteiger partial charge in [-0.15, -0.1) is 0 Å². The number of aromatic nitrogens is 4. The molecule has 1 atom stereocenters. The number of carbonyl (C=O) groups is 1. The minimum Gasteiger partial charge on any atom is -0.340 e. The Balaban J connectivity index is 1.49. The Labute approximate surface area is 140 Å². The van der Waals surface area contributed by atoms with Crippen LogP contribution in [-0.2, 0) is 11.3 Å². The molecule has 0 bridgehead atoms. The van der Waals surface area contributed by atoms with Crippen LogP contribution in [0.5, 0.6) is 0 Å². The van der Waals surface area contributed by atoms with E-state index in [0.717, 1.165) is 41.9 Å². The molecule has 1 aliphatic rings. The Kier molecular flexibility index (Phi) is 3.72. The number of aryl methyl sites for hydroxylation is 1. The summed E-state index contributed by atoms with van der Waals surface area (Å²) in [6, 6.07) is 9.82. The van der Waals surface area contributed by atoms with Crippen molar-refractivity contribution in [2.75, 3.05) is 13.1 Å². The highest BCUT2D eigenvalue weighted by Crippen LogP contribution is 2.26. The molecule has 0 spiro atoms. The summed E-state index contributed by atoms with van der Waals surface area (Å²) in [5.41, 5.74) is 2.73. The maximum Gasteiger partial charge on any atom is 0.244 e. The normalized spacial score (nSPS) is 17.5. The molecule has 1 aliphatic heterocycles. The van der Waals surface area contributed by atoms with Gasteiger partial charge in [0.15, 0.2) is 5.65 Å².